The molecule has 0 spiro atoms. The van der Waals surface area contributed by atoms with E-state index in [4.69, 9.17) is 0 Å². The van der Waals surface area contributed by atoms with Crippen LogP contribution >= 0.6 is 27.3 Å². The van der Waals surface area contributed by atoms with Crippen LogP contribution in [0.4, 0.5) is 0 Å². The Morgan fingerprint density at radius 2 is 2.38 bits per heavy atom. The Morgan fingerprint density at radius 1 is 1.62 bits per heavy atom. The van der Waals surface area contributed by atoms with E-state index in [-0.39, 0.29) is 5.78 Å². The fourth-order valence-electron chi connectivity index (χ4n) is 0.923. The standard InChI is InChI=1S/C9H12BrNOS/c1-7(12)4-5-11-6-8-2-3-9(10)13-8/h2-3,11H,4-6H2,1H3. The summed E-state index contributed by atoms with van der Waals surface area (Å²) in [6.45, 7) is 3.23. The first kappa shape index (κ1) is 10.9. The zero-order chi connectivity index (χ0) is 9.68. The Morgan fingerprint density at radius 3 is 2.92 bits per heavy atom. The van der Waals surface area contributed by atoms with Gasteiger partial charge in [0.1, 0.15) is 5.78 Å². The van der Waals surface area contributed by atoms with Crippen LogP contribution in [0.15, 0.2) is 15.9 Å². The van der Waals surface area contributed by atoms with Crippen molar-refractivity contribution >= 4 is 33.0 Å². The molecule has 0 aliphatic heterocycles. The van der Waals surface area contributed by atoms with Crippen molar-refractivity contribution in [2.75, 3.05) is 6.54 Å². The van der Waals surface area contributed by atoms with E-state index in [1.54, 1.807) is 18.3 Å². The summed E-state index contributed by atoms with van der Waals surface area (Å²) in [5, 5.41) is 3.22. The van der Waals surface area contributed by atoms with Gasteiger partial charge in [-0.15, -0.1) is 11.3 Å². The predicted molar refractivity (Wildman–Crippen MR) is 59.0 cm³/mol. The van der Waals surface area contributed by atoms with E-state index in [0.29, 0.717) is 6.42 Å². The highest BCUT2D eigenvalue weighted by atomic mass is 79.9. The van der Waals surface area contributed by atoms with Crippen molar-refractivity contribution < 1.29 is 4.79 Å². The van der Waals surface area contributed by atoms with Crippen LogP contribution in [0.25, 0.3) is 0 Å². The lowest BCUT2D eigenvalue weighted by atomic mass is 10.3. The normalized spacial score (nSPS) is 10.3. The number of hydrogen-bond donors (Lipinski definition) is 1. The third-order valence-electron chi connectivity index (χ3n) is 1.58. The molecule has 0 saturated heterocycles. The smallest absolute Gasteiger partial charge is 0.131 e. The number of rotatable bonds is 5. The Bertz CT molecular complexity index is 285. The number of carbonyl (C=O) groups is 1. The molecule has 0 atom stereocenters. The molecule has 0 aliphatic carbocycles. The topological polar surface area (TPSA) is 29.1 Å². The highest BCUT2D eigenvalue weighted by Gasteiger charge is 1.97. The van der Waals surface area contributed by atoms with E-state index < -0.39 is 0 Å². The zero-order valence-electron chi connectivity index (χ0n) is 7.47. The number of ketones is 1. The van der Waals surface area contributed by atoms with Gasteiger partial charge in [-0.2, -0.15) is 0 Å². The molecule has 0 aliphatic rings. The molecule has 1 aromatic rings. The highest BCUT2D eigenvalue weighted by Crippen LogP contribution is 2.21. The van der Waals surface area contributed by atoms with Crippen molar-refractivity contribution in [3.05, 3.63) is 20.8 Å². The molecule has 0 unspecified atom stereocenters. The third kappa shape index (κ3) is 4.55. The van der Waals surface area contributed by atoms with Crippen molar-refractivity contribution in [3.63, 3.8) is 0 Å². The molecule has 0 radical (unpaired) electrons. The van der Waals surface area contributed by atoms with Crippen molar-refractivity contribution in [3.8, 4) is 0 Å². The lowest BCUT2D eigenvalue weighted by Gasteiger charge is -1.99. The minimum atomic E-state index is 0.236. The van der Waals surface area contributed by atoms with Crippen LogP contribution < -0.4 is 5.32 Å². The van der Waals surface area contributed by atoms with Gasteiger partial charge in [0.15, 0.2) is 0 Å². The zero-order valence-corrected chi connectivity index (χ0v) is 9.87. The molecule has 0 bridgehead atoms. The second-order valence-electron chi connectivity index (χ2n) is 2.83. The fraction of sp³-hybridized carbons (Fsp3) is 0.444. The van der Waals surface area contributed by atoms with Gasteiger partial charge in [-0.3, -0.25) is 4.79 Å². The van der Waals surface area contributed by atoms with Gasteiger partial charge < -0.3 is 5.32 Å². The summed E-state index contributed by atoms with van der Waals surface area (Å²) in [5.41, 5.74) is 0. The van der Waals surface area contributed by atoms with E-state index >= 15 is 0 Å². The first-order valence-electron chi connectivity index (χ1n) is 4.13. The van der Waals surface area contributed by atoms with E-state index in [1.165, 1.54) is 4.88 Å². The maximum atomic E-state index is 10.6. The Labute approximate surface area is 90.5 Å². The molecule has 0 saturated carbocycles. The van der Waals surface area contributed by atoms with Gasteiger partial charge in [0, 0.05) is 24.4 Å². The lowest BCUT2D eigenvalue weighted by Crippen LogP contribution is -2.15. The van der Waals surface area contributed by atoms with Gasteiger partial charge in [-0.05, 0) is 35.0 Å². The van der Waals surface area contributed by atoms with Crippen molar-refractivity contribution in [2.45, 2.75) is 19.9 Å². The van der Waals surface area contributed by atoms with E-state index in [2.05, 4.69) is 27.3 Å². The molecule has 13 heavy (non-hydrogen) atoms. The van der Waals surface area contributed by atoms with Crippen LogP contribution in [-0.2, 0) is 11.3 Å². The predicted octanol–water partition coefficient (Wildman–Crippen LogP) is 2.58. The molecule has 1 N–H and O–H groups in total. The number of thiophene rings is 1. The second kappa shape index (κ2) is 5.52. The molecule has 1 rings (SSSR count). The van der Waals surface area contributed by atoms with Gasteiger partial charge in [0.2, 0.25) is 0 Å². The third-order valence-corrected chi connectivity index (χ3v) is 3.21. The number of hydrogen-bond acceptors (Lipinski definition) is 3. The van der Waals surface area contributed by atoms with Crippen LogP contribution in [0.3, 0.4) is 0 Å². The summed E-state index contributed by atoms with van der Waals surface area (Å²) in [5.74, 6) is 0.236. The van der Waals surface area contributed by atoms with Crippen molar-refractivity contribution in [1.29, 1.82) is 0 Å². The summed E-state index contributed by atoms with van der Waals surface area (Å²) in [6.07, 6.45) is 0.618. The van der Waals surface area contributed by atoms with E-state index in [0.717, 1.165) is 16.9 Å². The van der Waals surface area contributed by atoms with Crippen LogP contribution in [0.1, 0.15) is 18.2 Å². The molecule has 1 aromatic heterocycles. The maximum Gasteiger partial charge on any atom is 0.131 e. The molecule has 0 aromatic carbocycles. The van der Waals surface area contributed by atoms with Crippen LogP contribution in [-0.4, -0.2) is 12.3 Å². The highest BCUT2D eigenvalue weighted by molar-refractivity contribution is 9.11. The van der Waals surface area contributed by atoms with Crippen LogP contribution in [0.2, 0.25) is 0 Å². The largest absolute Gasteiger partial charge is 0.311 e. The fourth-order valence-corrected chi connectivity index (χ4v) is 2.38. The summed E-state index contributed by atoms with van der Waals surface area (Å²) in [7, 11) is 0. The van der Waals surface area contributed by atoms with Crippen LogP contribution in [0.5, 0.6) is 0 Å². The van der Waals surface area contributed by atoms with Gasteiger partial charge in [-0.1, -0.05) is 0 Å². The number of halogens is 1. The maximum absolute atomic E-state index is 10.6. The molecule has 0 fully saturated rings. The minimum absolute atomic E-state index is 0.236. The van der Waals surface area contributed by atoms with E-state index in [1.807, 2.05) is 6.07 Å². The quantitative estimate of drug-likeness (QED) is 0.826. The molecule has 4 heteroatoms. The van der Waals surface area contributed by atoms with Gasteiger partial charge in [0.05, 0.1) is 3.79 Å². The minimum Gasteiger partial charge on any atom is -0.311 e. The summed E-state index contributed by atoms with van der Waals surface area (Å²) in [6, 6.07) is 4.11. The summed E-state index contributed by atoms with van der Waals surface area (Å²) in [4.78, 5) is 11.9. The second-order valence-corrected chi connectivity index (χ2v) is 5.38. The number of nitrogens with one attached hydrogen (secondary N) is 1. The monoisotopic (exact) mass is 261 g/mol. The first-order valence-corrected chi connectivity index (χ1v) is 5.74. The molecule has 2 nitrogen and oxygen atoms in total. The first-order chi connectivity index (χ1) is 6.18. The number of Topliss-reactive ketones (excluding diaryl/α,β-unsaturated/α-hetero) is 1. The molecular formula is C9H12BrNOS. The van der Waals surface area contributed by atoms with E-state index in [9.17, 15) is 4.79 Å². The Balaban J connectivity index is 2.16. The number of carbonyl (C=O) groups excluding carboxylic acids is 1. The Hall–Kier alpha value is -0.190. The average molecular weight is 262 g/mol. The summed E-state index contributed by atoms with van der Waals surface area (Å²) < 4.78 is 1.15. The van der Waals surface area contributed by atoms with Gasteiger partial charge in [0.25, 0.3) is 0 Å². The molecule has 72 valence electrons. The Kier molecular flexibility index (Phi) is 4.62. The summed E-state index contributed by atoms with van der Waals surface area (Å²) >= 11 is 5.12. The van der Waals surface area contributed by atoms with Gasteiger partial charge >= 0.3 is 0 Å². The SMILES string of the molecule is CC(=O)CCNCc1ccc(Br)s1. The lowest BCUT2D eigenvalue weighted by molar-refractivity contribution is -0.116. The molecule has 1 heterocycles. The average Bonchev–Trinajstić information content (AvgIpc) is 2.45. The molecule has 0 amide bonds. The van der Waals surface area contributed by atoms with Crippen LogP contribution in [0, 0.1) is 0 Å². The van der Waals surface area contributed by atoms with Crippen molar-refractivity contribution in [1.82, 2.24) is 5.32 Å². The van der Waals surface area contributed by atoms with Crippen molar-refractivity contribution in [2.24, 2.45) is 0 Å². The molecular weight excluding hydrogens is 250 g/mol. The van der Waals surface area contributed by atoms with Gasteiger partial charge in [-0.25, -0.2) is 0 Å².